The Kier molecular flexibility index (Phi) is 4.00. The molecule has 1 aromatic carbocycles. The lowest BCUT2D eigenvalue weighted by molar-refractivity contribution is -0.132. The average Bonchev–Trinajstić information content (AvgIpc) is 3.10. The van der Waals surface area contributed by atoms with E-state index in [1.54, 1.807) is 6.07 Å². The Hall–Kier alpha value is -1.09. The summed E-state index contributed by atoms with van der Waals surface area (Å²) in [4.78, 5) is 13.7. The van der Waals surface area contributed by atoms with Crippen molar-refractivity contribution in [3.63, 3.8) is 0 Å². The molecule has 0 radical (unpaired) electrons. The van der Waals surface area contributed by atoms with Crippen LogP contribution in [0.5, 0.6) is 0 Å². The molecule has 1 fully saturated rings. The molecule has 0 aromatic heterocycles. The third-order valence-electron chi connectivity index (χ3n) is 2.86. The van der Waals surface area contributed by atoms with E-state index >= 15 is 0 Å². The van der Waals surface area contributed by atoms with Gasteiger partial charge in [-0.25, -0.2) is 4.39 Å². The van der Waals surface area contributed by atoms with Crippen molar-refractivity contribution in [3.05, 3.63) is 35.6 Å². The number of carbonyl (C=O) groups is 1. The van der Waals surface area contributed by atoms with Crippen molar-refractivity contribution in [2.24, 2.45) is 0 Å². The van der Waals surface area contributed by atoms with Crippen molar-refractivity contribution in [2.45, 2.75) is 31.8 Å². The molecule has 0 aliphatic heterocycles. The van der Waals surface area contributed by atoms with E-state index in [1.807, 2.05) is 11.0 Å². The Morgan fingerprint density at radius 2 is 2.24 bits per heavy atom. The standard InChI is InChI=1S/C13H15ClFNO/c14-7-6-13(17)16(12-4-5-12)9-10-2-1-3-11(15)8-10/h1-3,8,12H,4-7,9H2. The number of halogens is 2. The van der Waals surface area contributed by atoms with Crippen LogP contribution in [0.15, 0.2) is 24.3 Å². The zero-order valence-electron chi connectivity index (χ0n) is 9.53. The molecular formula is C13H15ClFNO. The first kappa shape index (κ1) is 12.4. The van der Waals surface area contributed by atoms with Crippen LogP contribution in [0.1, 0.15) is 24.8 Å². The van der Waals surface area contributed by atoms with Gasteiger partial charge < -0.3 is 4.90 Å². The quantitative estimate of drug-likeness (QED) is 0.741. The van der Waals surface area contributed by atoms with Crippen molar-refractivity contribution < 1.29 is 9.18 Å². The summed E-state index contributed by atoms with van der Waals surface area (Å²) < 4.78 is 13.1. The fourth-order valence-electron chi connectivity index (χ4n) is 1.86. The van der Waals surface area contributed by atoms with Crippen LogP contribution in [0.4, 0.5) is 4.39 Å². The number of carbonyl (C=O) groups excluding carboxylic acids is 1. The van der Waals surface area contributed by atoms with Gasteiger partial charge in [0, 0.05) is 24.9 Å². The molecule has 0 heterocycles. The van der Waals surface area contributed by atoms with E-state index in [2.05, 4.69) is 0 Å². The summed E-state index contributed by atoms with van der Waals surface area (Å²) in [5.41, 5.74) is 0.833. The highest BCUT2D eigenvalue weighted by Gasteiger charge is 2.32. The Morgan fingerprint density at radius 3 is 2.82 bits per heavy atom. The molecule has 0 unspecified atom stereocenters. The maximum Gasteiger partial charge on any atom is 0.224 e. The first-order chi connectivity index (χ1) is 8.20. The molecule has 1 amide bonds. The van der Waals surface area contributed by atoms with Crippen molar-refractivity contribution in [1.82, 2.24) is 4.90 Å². The lowest BCUT2D eigenvalue weighted by atomic mass is 10.2. The monoisotopic (exact) mass is 255 g/mol. The van der Waals surface area contributed by atoms with Crippen LogP contribution >= 0.6 is 11.6 Å². The Bertz CT molecular complexity index is 406. The predicted octanol–water partition coefficient (Wildman–Crippen LogP) is 2.95. The van der Waals surface area contributed by atoms with Gasteiger partial charge in [-0.1, -0.05) is 12.1 Å². The molecule has 1 saturated carbocycles. The van der Waals surface area contributed by atoms with E-state index < -0.39 is 0 Å². The minimum absolute atomic E-state index is 0.0618. The minimum Gasteiger partial charge on any atom is -0.335 e. The van der Waals surface area contributed by atoms with Crippen molar-refractivity contribution >= 4 is 17.5 Å². The summed E-state index contributed by atoms with van der Waals surface area (Å²) in [6.07, 6.45) is 2.44. The Labute approximate surface area is 105 Å². The maximum absolute atomic E-state index is 13.1. The number of rotatable bonds is 5. The number of benzene rings is 1. The van der Waals surface area contributed by atoms with Crippen LogP contribution in [0, 0.1) is 5.82 Å². The molecule has 1 aliphatic rings. The van der Waals surface area contributed by atoms with Crippen LogP contribution in [0.25, 0.3) is 0 Å². The van der Waals surface area contributed by atoms with Gasteiger partial charge in [0.1, 0.15) is 5.82 Å². The lowest BCUT2D eigenvalue weighted by Gasteiger charge is -2.22. The number of amides is 1. The highest BCUT2D eigenvalue weighted by molar-refractivity contribution is 6.18. The Balaban J connectivity index is 2.05. The smallest absolute Gasteiger partial charge is 0.224 e. The van der Waals surface area contributed by atoms with Crippen LogP contribution < -0.4 is 0 Å². The van der Waals surface area contributed by atoms with E-state index in [4.69, 9.17) is 11.6 Å². The molecule has 17 heavy (non-hydrogen) atoms. The topological polar surface area (TPSA) is 20.3 Å². The van der Waals surface area contributed by atoms with E-state index in [9.17, 15) is 9.18 Å². The highest BCUT2D eigenvalue weighted by atomic mass is 35.5. The number of nitrogens with zero attached hydrogens (tertiary/aromatic N) is 1. The zero-order valence-corrected chi connectivity index (χ0v) is 10.3. The molecular weight excluding hydrogens is 241 g/mol. The minimum atomic E-state index is -0.261. The second-order valence-corrected chi connectivity index (χ2v) is 4.70. The Morgan fingerprint density at radius 1 is 1.47 bits per heavy atom. The summed E-state index contributed by atoms with van der Waals surface area (Å²) in [5, 5.41) is 0. The maximum atomic E-state index is 13.1. The van der Waals surface area contributed by atoms with Crippen molar-refractivity contribution in [3.8, 4) is 0 Å². The van der Waals surface area contributed by atoms with Crippen LogP contribution in [-0.2, 0) is 11.3 Å². The molecule has 0 N–H and O–H groups in total. The van der Waals surface area contributed by atoms with Crippen LogP contribution in [0.3, 0.4) is 0 Å². The molecule has 0 spiro atoms. The van der Waals surface area contributed by atoms with Gasteiger partial charge in [0.2, 0.25) is 5.91 Å². The summed E-state index contributed by atoms with van der Waals surface area (Å²) in [6, 6.07) is 6.72. The van der Waals surface area contributed by atoms with Gasteiger partial charge in [-0.2, -0.15) is 0 Å². The van der Waals surface area contributed by atoms with Gasteiger partial charge in [0.25, 0.3) is 0 Å². The zero-order chi connectivity index (χ0) is 12.3. The summed E-state index contributed by atoms with van der Waals surface area (Å²) in [5.74, 6) is 0.139. The normalized spacial score (nSPS) is 14.7. The van der Waals surface area contributed by atoms with Crippen LogP contribution in [0.2, 0.25) is 0 Å². The fraction of sp³-hybridized carbons (Fsp3) is 0.462. The van der Waals surface area contributed by atoms with E-state index in [1.165, 1.54) is 12.1 Å². The second kappa shape index (κ2) is 5.50. The van der Waals surface area contributed by atoms with Gasteiger partial charge in [-0.05, 0) is 30.5 Å². The molecule has 0 saturated heterocycles. The van der Waals surface area contributed by atoms with Gasteiger partial charge >= 0.3 is 0 Å². The molecule has 1 aromatic rings. The van der Waals surface area contributed by atoms with Crippen molar-refractivity contribution in [2.75, 3.05) is 5.88 Å². The fourth-order valence-corrected chi connectivity index (χ4v) is 2.03. The molecule has 4 heteroatoms. The number of hydrogen-bond donors (Lipinski definition) is 0. The van der Waals surface area contributed by atoms with Gasteiger partial charge in [-0.15, -0.1) is 11.6 Å². The molecule has 1 aliphatic carbocycles. The van der Waals surface area contributed by atoms with Crippen molar-refractivity contribution in [1.29, 1.82) is 0 Å². The van der Waals surface area contributed by atoms with E-state index in [0.717, 1.165) is 18.4 Å². The second-order valence-electron chi connectivity index (χ2n) is 4.32. The lowest BCUT2D eigenvalue weighted by Crippen LogP contribution is -2.32. The molecule has 2 nitrogen and oxygen atoms in total. The molecule has 92 valence electrons. The van der Waals surface area contributed by atoms with Gasteiger partial charge in [-0.3, -0.25) is 4.79 Å². The third-order valence-corrected chi connectivity index (χ3v) is 3.05. The SMILES string of the molecule is O=C(CCCl)N(Cc1cccc(F)c1)C1CC1. The van der Waals surface area contributed by atoms with Gasteiger partial charge in [0.05, 0.1) is 0 Å². The summed E-state index contributed by atoms with van der Waals surface area (Å²) in [6.45, 7) is 0.484. The largest absolute Gasteiger partial charge is 0.335 e. The van der Waals surface area contributed by atoms with Gasteiger partial charge in [0.15, 0.2) is 0 Å². The van der Waals surface area contributed by atoms with E-state index in [0.29, 0.717) is 24.9 Å². The first-order valence-corrected chi connectivity index (χ1v) is 6.34. The highest BCUT2D eigenvalue weighted by Crippen LogP contribution is 2.29. The third kappa shape index (κ3) is 3.43. The summed E-state index contributed by atoms with van der Waals surface area (Å²) >= 11 is 5.59. The molecule has 0 bridgehead atoms. The molecule has 2 rings (SSSR count). The first-order valence-electron chi connectivity index (χ1n) is 5.80. The van der Waals surface area contributed by atoms with Crippen LogP contribution in [-0.4, -0.2) is 22.7 Å². The average molecular weight is 256 g/mol. The summed E-state index contributed by atoms with van der Waals surface area (Å²) in [7, 11) is 0. The molecule has 0 atom stereocenters. The number of alkyl halides is 1. The number of hydrogen-bond acceptors (Lipinski definition) is 1. The predicted molar refractivity (Wildman–Crippen MR) is 65.3 cm³/mol. The van der Waals surface area contributed by atoms with E-state index in [-0.39, 0.29) is 11.7 Å².